The average Bonchev–Trinajstić information content (AvgIpc) is 3.02. The number of aromatic nitrogens is 1. The lowest BCUT2D eigenvalue weighted by molar-refractivity contribution is -0.124. The Hall–Kier alpha value is -2.36. The molecule has 2 aromatic rings. The number of hydrogen-bond acceptors (Lipinski definition) is 3. The van der Waals surface area contributed by atoms with Crippen molar-refractivity contribution in [1.82, 2.24) is 10.3 Å². The van der Waals surface area contributed by atoms with Crippen molar-refractivity contribution in [1.29, 1.82) is 0 Å². The largest absolute Gasteiger partial charge is 0.383 e. The summed E-state index contributed by atoms with van der Waals surface area (Å²) in [6.45, 7) is 0.434. The predicted octanol–water partition coefficient (Wildman–Crippen LogP) is 3.18. The summed E-state index contributed by atoms with van der Waals surface area (Å²) in [5, 5.41) is 3.13. The lowest BCUT2D eigenvalue weighted by Crippen LogP contribution is -2.38. The molecule has 4 rings (SSSR count). The molecule has 0 unspecified atom stereocenters. The van der Waals surface area contributed by atoms with Crippen molar-refractivity contribution in [2.24, 2.45) is 5.41 Å². The molecule has 0 aliphatic heterocycles. The van der Waals surface area contributed by atoms with Crippen molar-refractivity contribution in [2.45, 2.75) is 44.1 Å². The molecule has 4 heteroatoms. The van der Waals surface area contributed by atoms with E-state index in [-0.39, 0.29) is 16.7 Å². The highest BCUT2D eigenvalue weighted by Crippen LogP contribution is 2.72. The molecule has 0 radical (unpaired) electrons. The summed E-state index contributed by atoms with van der Waals surface area (Å²) in [6, 6.07) is 14.0. The van der Waals surface area contributed by atoms with Gasteiger partial charge in [-0.2, -0.15) is 0 Å². The second-order valence-corrected chi connectivity index (χ2v) is 7.17. The third-order valence-corrected chi connectivity index (χ3v) is 5.96. The number of carbonyl (C=O) groups is 1. The van der Waals surface area contributed by atoms with Gasteiger partial charge in [-0.05, 0) is 36.3 Å². The summed E-state index contributed by atoms with van der Waals surface area (Å²) in [5.41, 5.74) is 7.73. The van der Waals surface area contributed by atoms with Gasteiger partial charge in [0.2, 0.25) is 5.91 Å². The highest BCUT2D eigenvalue weighted by molar-refractivity contribution is 5.93. The smallest absolute Gasteiger partial charge is 0.231 e. The van der Waals surface area contributed by atoms with E-state index in [0.29, 0.717) is 12.4 Å². The molecular weight excluding hydrogens is 298 g/mol. The van der Waals surface area contributed by atoms with E-state index >= 15 is 0 Å². The van der Waals surface area contributed by atoms with Gasteiger partial charge >= 0.3 is 0 Å². The van der Waals surface area contributed by atoms with Crippen molar-refractivity contribution >= 4 is 11.7 Å². The zero-order valence-electron chi connectivity index (χ0n) is 13.8. The van der Waals surface area contributed by atoms with E-state index in [1.54, 1.807) is 6.20 Å². The molecule has 2 saturated carbocycles. The van der Waals surface area contributed by atoms with Crippen LogP contribution in [0, 0.1) is 5.41 Å². The summed E-state index contributed by atoms with van der Waals surface area (Å²) in [7, 11) is 0. The van der Waals surface area contributed by atoms with Crippen LogP contribution in [-0.4, -0.2) is 10.9 Å². The number of nitrogen functional groups attached to an aromatic ring is 1. The summed E-state index contributed by atoms with van der Waals surface area (Å²) < 4.78 is 0. The Morgan fingerprint density at radius 2 is 1.88 bits per heavy atom. The fraction of sp³-hybridized carbons (Fsp3) is 0.400. The maximum absolute atomic E-state index is 13.2. The first-order valence-electron chi connectivity index (χ1n) is 8.71. The topological polar surface area (TPSA) is 68.0 Å². The van der Waals surface area contributed by atoms with E-state index in [4.69, 9.17) is 5.73 Å². The predicted molar refractivity (Wildman–Crippen MR) is 94.1 cm³/mol. The van der Waals surface area contributed by atoms with Gasteiger partial charge in [-0.1, -0.05) is 49.2 Å². The Morgan fingerprint density at radius 1 is 1.12 bits per heavy atom. The van der Waals surface area contributed by atoms with Gasteiger partial charge in [-0.25, -0.2) is 4.98 Å². The van der Waals surface area contributed by atoms with Gasteiger partial charge in [-0.15, -0.1) is 0 Å². The molecule has 0 bridgehead atoms. The minimum atomic E-state index is -0.359. The van der Waals surface area contributed by atoms with Gasteiger partial charge in [0.1, 0.15) is 5.82 Å². The number of pyridine rings is 1. The van der Waals surface area contributed by atoms with Crippen LogP contribution in [0.4, 0.5) is 5.82 Å². The monoisotopic (exact) mass is 321 g/mol. The number of anilines is 1. The Balaban J connectivity index is 1.59. The number of benzene rings is 1. The quantitative estimate of drug-likeness (QED) is 0.909. The molecule has 3 N–H and O–H groups in total. The Morgan fingerprint density at radius 3 is 2.58 bits per heavy atom. The maximum Gasteiger partial charge on any atom is 0.231 e. The fourth-order valence-electron chi connectivity index (χ4n) is 4.63. The molecule has 2 aliphatic rings. The van der Waals surface area contributed by atoms with E-state index < -0.39 is 0 Å². The zero-order valence-corrected chi connectivity index (χ0v) is 13.8. The van der Waals surface area contributed by atoms with E-state index in [2.05, 4.69) is 22.4 Å². The second kappa shape index (κ2) is 5.62. The van der Waals surface area contributed by atoms with Crippen molar-refractivity contribution in [2.75, 3.05) is 5.73 Å². The number of amides is 1. The van der Waals surface area contributed by atoms with Crippen LogP contribution in [0.5, 0.6) is 0 Å². The highest BCUT2D eigenvalue weighted by Gasteiger charge is 2.72. The molecule has 2 aliphatic carbocycles. The van der Waals surface area contributed by atoms with E-state index in [1.807, 2.05) is 30.3 Å². The number of nitrogens with two attached hydrogens (primary N) is 1. The average molecular weight is 321 g/mol. The maximum atomic E-state index is 13.2. The van der Waals surface area contributed by atoms with Crippen molar-refractivity contribution in [3.8, 4) is 0 Å². The summed E-state index contributed by atoms with van der Waals surface area (Å²) in [5.74, 6) is 0.622. The van der Waals surface area contributed by atoms with E-state index in [1.165, 1.54) is 12.8 Å². The third kappa shape index (κ3) is 2.20. The standard InChI is InChI=1S/C20H23N3O/c21-17-15(7-6-12-22-17)13-23-18(24)20(16-8-2-1-3-9-16)14-19(20)10-4-5-11-19/h1-3,6-9,12H,4-5,10-11,13-14H2,(H2,21,22)(H,23,24)/t20-/m1/s1. The zero-order chi connectivity index (χ0) is 16.6. The molecule has 2 fully saturated rings. The van der Waals surface area contributed by atoms with Crippen molar-refractivity contribution in [3.63, 3.8) is 0 Å². The molecule has 24 heavy (non-hydrogen) atoms. The third-order valence-electron chi connectivity index (χ3n) is 5.96. The first-order valence-corrected chi connectivity index (χ1v) is 8.71. The normalized spacial score (nSPS) is 24.0. The molecule has 0 saturated heterocycles. The van der Waals surface area contributed by atoms with Crippen molar-refractivity contribution < 1.29 is 4.79 Å². The van der Waals surface area contributed by atoms with Crippen LogP contribution in [-0.2, 0) is 16.8 Å². The minimum absolute atomic E-state index is 0.138. The molecule has 124 valence electrons. The van der Waals surface area contributed by atoms with Crippen LogP contribution < -0.4 is 11.1 Å². The van der Waals surface area contributed by atoms with Gasteiger partial charge in [0.15, 0.2) is 0 Å². The molecular formula is C20H23N3O. The summed E-state index contributed by atoms with van der Waals surface area (Å²) in [4.78, 5) is 17.3. The van der Waals surface area contributed by atoms with Crippen LogP contribution in [0.3, 0.4) is 0 Å². The number of carbonyl (C=O) groups excluding carboxylic acids is 1. The van der Waals surface area contributed by atoms with Gasteiger partial charge < -0.3 is 11.1 Å². The van der Waals surface area contributed by atoms with Gasteiger partial charge in [0.05, 0.1) is 5.41 Å². The van der Waals surface area contributed by atoms with Crippen LogP contribution in [0.1, 0.15) is 43.2 Å². The minimum Gasteiger partial charge on any atom is -0.383 e. The van der Waals surface area contributed by atoms with E-state index in [9.17, 15) is 4.79 Å². The first-order chi connectivity index (χ1) is 11.7. The summed E-state index contributed by atoms with van der Waals surface area (Å²) >= 11 is 0. The van der Waals surface area contributed by atoms with Crippen LogP contribution in [0.2, 0.25) is 0 Å². The SMILES string of the molecule is Nc1ncccc1CNC(=O)[C@]1(c2ccccc2)CC12CCCC2. The molecule has 4 nitrogen and oxygen atoms in total. The van der Waals surface area contributed by atoms with Gasteiger partial charge in [0.25, 0.3) is 0 Å². The highest BCUT2D eigenvalue weighted by atomic mass is 16.2. The Kier molecular flexibility index (Phi) is 3.56. The van der Waals surface area contributed by atoms with Crippen molar-refractivity contribution in [3.05, 3.63) is 59.8 Å². The molecule has 1 aromatic heterocycles. The van der Waals surface area contributed by atoms with Gasteiger partial charge in [0, 0.05) is 18.3 Å². The second-order valence-electron chi connectivity index (χ2n) is 7.17. The number of nitrogens with one attached hydrogen (secondary N) is 1. The first kappa shape index (κ1) is 15.2. The van der Waals surface area contributed by atoms with Crippen LogP contribution in [0.25, 0.3) is 0 Å². The molecule has 1 heterocycles. The molecule has 1 atom stereocenters. The van der Waals surface area contributed by atoms with Gasteiger partial charge in [-0.3, -0.25) is 4.79 Å². The Bertz CT molecular complexity index is 752. The Labute approximate surface area is 142 Å². The number of hydrogen-bond donors (Lipinski definition) is 2. The van der Waals surface area contributed by atoms with E-state index in [0.717, 1.165) is 30.4 Å². The number of nitrogens with zero attached hydrogens (tertiary/aromatic N) is 1. The molecule has 1 spiro atoms. The van der Waals surface area contributed by atoms with Crippen LogP contribution in [0.15, 0.2) is 48.7 Å². The van der Waals surface area contributed by atoms with Crippen LogP contribution >= 0.6 is 0 Å². The lowest BCUT2D eigenvalue weighted by Gasteiger charge is -2.23. The summed E-state index contributed by atoms with van der Waals surface area (Å²) in [6.07, 6.45) is 7.42. The fourth-order valence-corrected chi connectivity index (χ4v) is 4.63. The molecule has 1 amide bonds. The lowest BCUT2D eigenvalue weighted by atomic mass is 9.84. The molecule has 1 aromatic carbocycles. The number of rotatable bonds is 4.